The van der Waals surface area contributed by atoms with Crippen LogP contribution in [0.25, 0.3) is 0 Å². The lowest BCUT2D eigenvalue weighted by Crippen LogP contribution is -2.18. The number of nitrogens with one attached hydrogen (secondary N) is 1. The number of amides is 1. The molecule has 5 rings (SSSR count). The highest BCUT2D eigenvalue weighted by Crippen LogP contribution is 2.36. The van der Waals surface area contributed by atoms with Crippen molar-refractivity contribution < 1.29 is 18.7 Å². The largest absolute Gasteiger partial charge is 0.486 e. The summed E-state index contributed by atoms with van der Waals surface area (Å²) >= 11 is 1.37. The number of anilines is 1. The second-order valence-electron chi connectivity index (χ2n) is 8.37. The molecule has 3 aromatic carbocycles. The number of benzene rings is 3. The third kappa shape index (κ3) is 5.38. The van der Waals surface area contributed by atoms with Gasteiger partial charge >= 0.3 is 0 Å². The number of ether oxygens (including phenoxy) is 2. The summed E-state index contributed by atoms with van der Waals surface area (Å²) in [5, 5.41) is 3.68. The van der Waals surface area contributed by atoms with Gasteiger partial charge in [-0.15, -0.1) is 11.8 Å². The Balaban J connectivity index is 1.35. The number of aryl methyl sites for hydroxylation is 2. The lowest BCUT2D eigenvalue weighted by atomic mass is 10.1. The van der Waals surface area contributed by atoms with Gasteiger partial charge in [-0.25, -0.2) is 9.38 Å². The summed E-state index contributed by atoms with van der Waals surface area (Å²) in [5.41, 5.74) is 6.03. The minimum absolute atomic E-state index is 0.154. The van der Waals surface area contributed by atoms with Crippen LogP contribution in [0.15, 0.2) is 64.6 Å². The van der Waals surface area contributed by atoms with Gasteiger partial charge in [-0.2, -0.15) is 0 Å². The fourth-order valence-corrected chi connectivity index (χ4v) is 4.60. The molecule has 178 valence electrons. The predicted octanol–water partition coefficient (Wildman–Crippen LogP) is 6.14. The summed E-state index contributed by atoms with van der Waals surface area (Å²) in [4.78, 5) is 22.4. The highest BCUT2D eigenvalue weighted by molar-refractivity contribution is 8.14. The van der Waals surface area contributed by atoms with Crippen LogP contribution >= 0.6 is 11.8 Å². The van der Waals surface area contributed by atoms with Crippen molar-refractivity contribution in [1.82, 2.24) is 0 Å². The van der Waals surface area contributed by atoms with Crippen molar-refractivity contribution >= 4 is 45.5 Å². The minimum atomic E-state index is -0.297. The van der Waals surface area contributed by atoms with E-state index in [4.69, 9.17) is 19.5 Å². The monoisotopic (exact) mass is 489 g/mol. The highest BCUT2D eigenvalue weighted by Gasteiger charge is 2.18. The summed E-state index contributed by atoms with van der Waals surface area (Å²) in [6.07, 6.45) is 0.445. The summed E-state index contributed by atoms with van der Waals surface area (Å²) in [5.74, 6) is 1.03. The van der Waals surface area contributed by atoms with Crippen molar-refractivity contribution in [2.24, 2.45) is 9.98 Å². The first-order valence-corrected chi connectivity index (χ1v) is 12.3. The Hall–Kier alpha value is -3.65. The van der Waals surface area contributed by atoms with Gasteiger partial charge in [0, 0.05) is 18.2 Å². The molecule has 0 atom stereocenters. The molecule has 6 nitrogen and oxygen atoms in total. The van der Waals surface area contributed by atoms with E-state index in [1.165, 1.54) is 23.9 Å². The van der Waals surface area contributed by atoms with Crippen LogP contribution in [-0.4, -0.2) is 35.6 Å². The van der Waals surface area contributed by atoms with E-state index >= 15 is 0 Å². The molecule has 0 unspecified atom stereocenters. The van der Waals surface area contributed by atoms with E-state index in [-0.39, 0.29) is 17.5 Å². The van der Waals surface area contributed by atoms with Gasteiger partial charge in [-0.05, 0) is 66.9 Å². The van der Waals surface area contributed by atoms with Gasteiger partial charge in [0.15, 0.2) is 11.5 Å². The maximum Gasteiger partial charge on any atom is 0.234 e. The molecule has 8 heteroatoms. The zero-order valence-electron chi connectivity index (χ0n) is 19.4. The lowest BCUT2D eigenvalue weighted by molar-refractivity contribution is -0.113. The van der Waals surface area contributed by atoms with Crippen molar-refractivity contribution in [2.45, 2.75) is 20.3 Å². The van der Waals surface area contributed by atoms with Crippen LogP contribution in [0.4, 0.5) is 21.5 Å². The zero-order valence-corrected chi connectivity index (χ0v) is 20.2. The standard InChI is InChI=1S/C27H24FN3O3S/c1-16-11-22-23(12-17(16)2)31-27(14-21(30-22)18-3-5-19(28)6-4-18)35-15-26(32)29-20-7-8-24-25(13-20)34-10-9-33-24/h3-8,11-13H,9-10,14-15H2,1-2H3,(H,29,32). The second kappa shape index (κ2) is 9.92. The Kier molecular flexibility index (Phi) is 6.55. The number of halogens is 1. The van der Waals surface area contributed by atoms with Crippen LogP contribution in [0.2, 0.25) is 0 Å². The van der Waals surface area contributed by atoms with Crippen LogP contribution < -0.4 is 14.8 Å². The number of thioether (sulfide) groups is 1. The molecule has 0 bridgehead atoms. The number of nitrogens with zero attached hydrogens (tertiary/aromatic N) is 2. The first-order valence-electron chi connectivity index (χ1n) is 11.3. The Morgan fingerprint density at radius 1 is 0.943 bits per heavy atom. The molecule has 2 aliphatic heterocycles. The van der Waals surface area contributed by atoms with E-state index in [1.54, 1.807) is 30.3 Å². The first kappa shape index (κ1) is 23.1. The number of fused-ring (bicyclic) bond motifs is 2. The fourth-order valence-electron chi connectivity index (χ4n) is 3.83. The fraction of sp³-hybridized carbons (Fsp3) is 0.222. The maximum absolute atomic E-state index is 13.5. The molecule has 35 heavy (non-hydrogen) atoms. The Bertz CT molecular complexity index is 1350. The van der Waals surface area contributed by atoms with E-state index in [1.807, 2.05) is 26.0 Å². The molecule has 1 amide bonds. The van der Waals surface area contributed by atoms with Crippen molar-refractivity contribution in [3.63, 3.8) is 0 Å². The number of hydrogen-bond acceptors (Lipinski definition) is 6. The molecule has 3 aromatic rings. The van der Waals surface area contributed by atoms with Crippen molar-refractivity contribution in [2.75, 3.05) is 24.3 Å². The van der Waals surface area contributed by atoms with Crippen LogP contribution in [0.5, 0.6) is 11.5 Å². The number of hydrogen-bond donors (Lipinski definition) is 1. The topological polar surface area (TPSA) is 72.3 Å². The SMILES string of the molecule is Cc1cc2c(cc1C)N=C(c1ccc(F)cc1)CC(SCC(=O)Nc1ccc3c(c1)OCCO3)=N2. The second-order valence-corrected chi connectivity index (χ2v) is 9.42. The lowest BCUT2D eigenvalue weighted by Gasteiger charge is -2.19. The molecule has 2 heterocycles. The number of carbonyl (C=O) groups is 1. The Morgan fingerprint density at radius 3 is 2.37 bits per heavy atom. The minimum Gasteiger partial charge on any atom is -0.486 e. The van der Waals surface area contributed by atoms with Gasteiger partial charge < -0.3 is 14.8 Å². The van der Waals surface area contributed by atoms with Gasteiger partial charge in [0.25, 0.3) is 0 Å². The zero-order chi connectivity index (χ0) is 24.4. The summed E-state index contributed by atoms with van der Waals surface area (Å²) < 4.78 is 24.6. The molecule has 0 saturated carbocycles. The Morgan fingerprint density at radius 2 is 1.63 bits per heavy atom. The summed E-state index contributed by atoms with van der Waals surface area (Å²) in [6.45, 7) is 5.07. The van der Waals surface area contributed by atoms with Crippen molar-refractivity contribution in [3.8, 4) is 11.5 Å². The smallest absolute Gasteiger partial charge is 0.234 e. The molecule has 0 radical (unpaired) electrons. The average molecular weight is 490 g/mol. The van der Waals surface area contributed by atoms with Gasteiger partial charge in [0.05, 0.1) is 27.9 Å². The predicted molar refractivity (Wildman–Crippen MR) is 139 cm³/mol. The molecular formula is C27H24FN3O3S. The third-order valence-corrected chi connectivity index (χ3v) is 6.76. The van der Waals surface area contributed by atoms with Crippen LogP contribution in [0, 0.1) is 19.7 Å². The molecule has 1 N–H and O–H groups in total. The molecule has 2 aliphatic rings. The number of rotatable bonds is 4. The normalized spacial score (nSPS) is 14.4. The van der Waals surface area contributed by atoms with Crippen LogP contribution in [0.1, 0.15) is 23.1 Å². The highest BCUT2D eigenvalue weighted by atomic mass is 32.2. The quantitative estimate of drug-likeness (QED) is 0.478. The third-order valence-electron chi connectivity index (χ3n) is 5.78. The van der Waals surface area contributed by atoms with E-state index in [2.05, 4.69) is 5.32 Å². The van der Waals surface area contributed by atoms with E-state index in [0.717, 1.165) is 38.8 Å². The first-order chi connectivity index (χ1) is 16.9. The van der Waals surface area contributed by atoms with Crippen LogP contribution in [0.3, 0.4) is 0 Å². The summed E-state index contributed by atoms with van der Waals surface area (Å²) in [6, 6.07) is 15.7. The van der Waals surface area contributed by atoms with Crippen molar-refractivity contribution in [3.05, 3.63) is 77.1 Å². The molecule has 0 saturated heterocycles. The molecule has 0 aromatic heterocycles. The van der Waals surface area contributed by atoms with E-state index in [9.17, 15) is 9.18 Å². The Labute approximate surface area is 207 Å². The van der Waals surface area contributed by atoms with Gasteiger partial charge in [0.1, 0.15) is 19.0 Å². The molecule has 0 spiro atoms. The van der Waals surface area contributed by atoms with E-state index < -0.39 is 0 Å². The maximum atomic E-state index is 13.5. The molecule has 0 aliphatic carbocycles. The van der Waals surface area contributed by atoms with Gasteiger partial charge in [-0.1, -0.05) is 12.1 Å². The van der Waals surface area contributed by atoms with Gasteiger partial charge in [-0.3, -0.25) is 9.79 Å². The van der Waals surface area contributed by atoms with Gasteiger partial charge in [0.2, 0.25) is 5.91 Å². The number of aliphatic imine (C=N–C) groups is 2. The van der Waals surface area contributed by atoms with Crippen LogP contribution in [-0.2, 0) is 4.79 Å². The molecule has 0 fully saturated rings. The van der Waals surface area contributed by atoms with Crippen molar-refractivity contribution in [1.29, 1.82) is 0 Å². The number of carbonyl (C=O) groups excluding carboxylic acids is 1. The summed E-state index contributed by atoms with van der Waals surface area (Å²) in [7, 11) is 0. The average Bonchev–Trinajstić information content (AvgIpc) is 3.02. The molecular weight excluding hydrogens is 465 g/mol. The van der Waals surface area contributed by atoms with E-state index in [0.29, 0.717) is 36.8 Å².